The number of fused-ring (bicyclic) bond motifs is 1. The van der Waals surface area contributed by atoms with E-state index in [1.54, 1.807) is 28.8 Å². The van der Waals surface area contributed by atoms with Gasteiger partial charge in [-0.2, -0.15) is 0 Å². The van der Waals surface area contributed by atoms with Crippen LogP contribution in [-0.2, 0) is 32.0 Å². The van der Waals surface area contributed by atoms with Crippen molar-refractivity contribution >= 4 is 39.2 Å². The van der Waals surface area contributed by atoms with Gasteiger partial charge in [-0.25, -0.2) is 0 Å². The summed E-state index contributed by atoms with van der Waals surface area (Å²) in [5.74, 6) is -1.76. The van der Waals surface area contributed by atoms with Gasteiger partial charge in [-0.3, -0.25) is 19.0 Å². The molecule has 196 valence electrons. The number of rotatable bonds is 10. The van der Waals surface area contributed by atoms with E-state index in [9.17, 15) is 19.6 Å². The molecule has 38 heavy (non-hydrogen) atoms. The molecule has 0 atom stereocenters. The topological polar surface area (TPSA) is 116 Å². The number of methoxy groups -OCH3 is 2. The fourth-order valence-electron chi connectivity index (χ4n) is 4.06. The highest BCUT2D eigenvalue weighted by Crippen LogP contribution is 2.22. The van der Waals surface area contributed by atoms with Crippen molar-refractivity contribution in [3.63, 3.8) is 0 Å². The Bertz CT molecular complexity index is 1490. The highest BCUT2D eigenvalue weighted by atomic mass is 32.1. The van der Waals surface area contributed by atoms with Gasteiger partial charge >= 0.3 is 16.8 Å². The normalized spacial score (nSPS) is 11.5. The smallest absolute Gasteiger partial charge is 0.320 e. The first kappa shape index (κ1) is 26.6. The van der Waals surface area contributed by atoms with Crippen molar-refractivity contribution < 1.29 is 29.0 Å². The van der Waals surface area contributed by atoms with E-state index in [2.05, 4.69) is 5.16 Å². The Hall–Kier alpha value is -4.44. The van der Waals surface area contributed by atoms with Crippen LogP contribution in [0.1, 0.15) is 16.7 Å². The zero-order valence-electron chi connectivity index (χ0n) is 20.8. The zero-order valence-corrected chi connectivity index (χ0v) is 21.6. The second-order valence-electron chi connectivity index (χ2n) is 8.31. The molecule has 0 spiro atoms. The Morgan fingerprint density at radius 3 is 2.26 bits per heavy atom. The van der Waals surface area contributed by atoms with Crippen molar-refractivity contribution in [2.24, 2.45) is 11.1 Å². The standard InChI is InChI=1S/C28H26N2O7S/c1-35-26(31)22(27(32)36-2)16-18-8-11-21(12-9-18)37-15-14-30-23-13-10-20(17-24(23)38-28(30)33)25(29-34)19-6-4-3-5-7-19/h3-13,17,22,34H,14-16H2,1-2H3/b29-25+. The number of benzene rings is 3. The fraction of sp³-hybridized carbons (Fsp3) is 0.214. The van der Waals surface area contributed by atoms with Crippen LogP contribution in [0.2, 0.25) is 0 Å². The summed E-state index contributed by atoms with van der Waals surface area (Å²) in [7, 11) is 2.45. The van der Waals surface area contributed by atoms with Crippen LogP contribution in [0.25, 0.3) is 10.2 Å². The molecule has 4 aromatic rings. The summed E-state index contributed by atoms with van der Waals surface area (Å²) in [6.07, 6.45) is 0.144. The molecule has 0 amide bonds. The first-order valence-electron chi connectivity index (χ1n) is 11.7. The summed E-state index contributed by atoms with van der Waals surface area (Å²) in [6.45, 7) is 0.597. The lowest BCUT2D eigenvalue weighted by Crippen LogP contribution is -2.28. The highest BCUT2D eigenvalue weighted by molar-refractivity contribution is 7.16. The predicted molar refractivity (Wildman–Crippen MR) is 143 cm³/mol. The zero-order chi connectivity index (χ0) is 27.1. The van der Waals surface area contributed by atoms with Crippen molar-refractivity contribution in [3.05, 3.63) is 99.2 Å². The number of hydrogen-bond acceptors (Lipinski definition) is 9. The molecule has 1 heterocycles. The van der Waals surface area contributed by atoms with Gasteiger partial charge in [-0.1, -0.05) is 65.0 Å². The van der Waals surface area contributed by atoms with Gasteiger partial charge in [0.25, 0.3) is 0 Å². The van der Waals surface area contributed by atoms with Gasteiger partial charge < -0.3 is 19.4 Å². The van der Waals surface area contributed by atoms with E-state index in [-0.39, 0.29) is 17.9 Å². The van der Waals surface area contributed by atoms with E-state index < -0.39 is 17.9 Å². The lowest BCUT2D eigenvalue weighted by molar-refractivity contribution is -0.158. The van der Waals surface area contributed by atoms with Gasteiger partial charge in [0.2, 0.25) is 0 Å². The maximum absolute atomic E-state index is 12.7. The molecule has 4 rings (SSSR count). The summed E-state index contributed by atoms with van der Waals surface area (Å²) in [4.78, 5) is 36.4. The van der Waals surface area contributed by atoms with Crippen molar-refractivity contribution in [2.45, 2.75) is 13.0 Å². The minimum Gasteiger partial charge on any atom is -0.492 e. The van der Waals surface area contributed by atoms with Crippen molar-refractivity contribution in [2.75, 3.05) is 20.8 Å². The van der Waals surface area contributed by atoms with E-state index in [1.807, 2.05) is 48.5 Å². The van der Waals surface area contributed by atoms with Gasteiger partial charge in [-0.15, -0.1) is 0 Å². The van der Waals surface area contributed by atoms with Crippen LogP contribution in [0.4, 0.5) is 0 Å². The quantitative estimate of drug-likeness (QED) is 0.108. The molecule has 1 N–H and O–H groups in total. The Balaban J connectivity index is 1.42. The van der Waals surface area contributed by atoms with E-state index in [4.69, 9.17) is 14.2 Å². The van der Waals surface area contributed by atoms with Crippen LogP contribution in [0.15, 0.2) is 82.7 Å². The molecule has 0 bridgehead atoms. The van der Waals surface area contributed by atoms with E-state index >= 15 is 0 Å². The summed E-state index contributed by atoms with van der Waals surface area (Å²) < 4.78 is 17.6. The number of ether oxygens (including phenoxy) is 3. The number of carbonyl (C=O) groups excluding carboxylic acids is 2. The Morgan fingerprint density at radius 1 is 0.947 bits per heavy atom. The molecule has 0 aliphatic carbocycles. The second-order valence-corrected chi connectivity index (χ2v) is 9.31. The molecular weight excluding hydrogens is 508 g/mol. The molecular formula is C28H26N2O7S. The molecule has 0 aliphatic rings. The molecule has 0 aliphatic heterocycles. The third kappa shape index (κ3) is 5.92. The molecule has 0 fully saturated rings. The van der Waals surface area contributed by atoms with E-state index in [1.165, 1.54) is 14.2 Å². The van der Waals surface area contributed by atoms with Crippen LogP contribution >= 0.6 is 11.3 Å². The van der Waals surface area contributed by atoms with Gasteiger partial charge in [0, 0.05) is 11.1 Å². The van der Waals surface area contributed by atoms with Crippen molar-refractivity contribution in [3.8, 4) is 5.75 Å². The highest BCUT2D eigenvalue weighted by Gasteiger charge is 2.28. The Labute approximate surface area is 222 Å². The maximum atomic E-state index is 12.7. The van der Waals surface area contributed by atoms with Crippen molar-refractivity contribution in [1.29, 1.82) is 0 Å². The Kier molecular flexibility index (Phi) is 8.55. The molecule has 0 unspecified atom stereocenters. The number of nitrogens with zero attached hydrogens (tertiary/aromatic N) is 2. The lowest BCUT2D eigenvalue weighted by Gasteiger charge is -2.13. The number of carbonyl (C=O) groups is 2. The average molecular weight is 535 g/mol. The first-order valence-corrected chi connectivity index (χ1v) is 12.6. The minimum atomic E-state index is -1.04. The van der Waals surface area contributed by atoms with Gasteiger partial charge in [-0.05, 0) is 36.2 Å². The number of aromatic nitrogens is 1. The minimum absolute atomic E-state index is 0.116. The van der Waals surface area contributed by atoms with Crippen LogP contribution in [0.5, 0.6) is 5.75 Å². The molecule has 9 nitrogen and oxygen atoms in total. The summed E-state index contributed by atoms with van der Waals surface area (Å²) in [5.41, 5.74) is 3.42. The van der Waals surface area contributed by atoms with Gasteiger partial charge in [0.05, 0.1) is 31.0 Å². The fourth-order valence-corrected chi connectivity index (χ4v) is 5.02. The van der Waals surface area contributed by atoms with Crippen LogP contribution in [-0.4, -0.2) is 48.3 Å². The molecule has 1 aromatic heterocycles. The molecule has 0 radical (unpaired) electrons. The summed E-state index contributed by atoms with van der Waals surface area (Å²) in [6, 6.07) is 21.8. The van der Waals surface area contributed by atoms with E-state index in [0.29, 0.717) is 23.6 Å². The monoisotopic (exact) mass is 534 g/mol. The molecule has 0 saturated carbocycles. The van der Waals surface area contributed by atoms with E-state index in [0.717, 1.165) is 32.7 Å². The molecule has 10 heteroatoms. The number of esters is 2. The lowest BCUT2D eigenvalue weighted by atomic mass is 9.99. The van der Waals surface area contributed by atoms with Crippen LogP contribution < -0.4 is 9.61 Å². The third-order valence-electron chi connectivity index (χ3n) is 6.01. The number of hydrogen-bond donors (Lipinski definition) is 1. The average Bonchev–Trinajstić information content (AvgIpc) is 3.26. The molecule has 3 aromatic carbocycles. The second kappa shape index (κ2) is 12.2. The predicted octanol–water partition coefficient (Wildman–Crippen LogP) is 3.87. The first-order chi connectivity index (χ1) is 18.4. The summed E-state index contributed by atoms with van der Waals surface area (Å²) in [5, 5.41) is 13.1. The van der Waals surface area contributed by atoms with Crippen molar-refractivity contribution in [1.82, 2.24) is 4.57 Å². The number of oxime groups is 1. The maximum Gasteiger partial charge on any atom is 0.320 e. The Morgan fingerprint density at radius 2 is 1.63 bits per heavy atom. The van der Waals surface area contributed by atoms with Crippen LogP contribution in [0.3, 0.4) is 0 Å². The number of thiazole rings is 1. The van der Waals surface area contributed by atoms with Gasteiger partial charge in [0.1, 0.15) is 18.1 Å². The molecule has 0 saturated heterocycles. The SMILES string of the molecule is COC(=O)C(Cc1ccc(OCCn2c(=O)sc3cc(/C(=N/O)c4ccccc4)ccc32)cc1)C(=O)OC. The van der Waals surface area contributed by atoms with Crippen LogP contribution in [0, 0.1) is 5.92 Å². The largest absolute Gasteiger partial charge is 0.492 e. The third-order valence-corrected chi connectivity index (χ3v) is 6.95. The van der Waals surface area contributed by atoms with Gasteiger partial charge in [0.15, 0.2) is 5.92 Å². The summed E-state index contributed by atoms with van der Waals surface area (Å²) >= 11 is 1.12.